The number of hydrogen-bond donors (Lipinski definition) is 2. The molecule has 1 heterocycles. The fourth-order valence-corrected chi connectivity index (χ4v) is 2.58. The van der Waals surface area contributed by atoms with Crippen molar-refractivity contribution in [2.24, 2.45) is 0 Å². The minimum Gasteiger partial charge on any atom is -0.322 e. The highest BCUT2D eigenvalue weighted by molar-refractivity contribution is 6.33. The molecule has 1 aromatic rings. The third-order valence-electron chi connectivity index (χ3n) is 3.40. The number of carbonyl (C=O) groups excluding carboxylic acids is 1. The zero-order valence-corrected chi connectivity index (χ0v) is 11.8. The number of hydrogen-bond acceptors (Lipinski definition) is 2. The Labute approximate surface area is 121 Å². The van der Waals surface area contributed by atoms with Crippen LogP contribution in [0.2, 0.25) is 5.02 Å². The van der Waals surface area contributed by atoms with Crippen LogP contribution in [0, 0.1) is 11.6 Å². The lowest BCUT2D eigenvalue weighted by atomic mass is 10.0. The van der Waals surface area contributed by atoms with Crippen LogP contribution >= 0.6 is 11.6 Å². The Balaban J connectivity index is 1.88. The average Bonchev–Trinajstić information content (AvgIpc) is 2.42. The first kappa shape index (κ1) is 15.2. The van der Waals surface area contributed by atoms with Gasteiger partial charge in [0.1, 0.15) is 5.82 Å². The van der Waals surface area contributed by atoms with Crippen LogP contribution in [-0.4, -0.2) is 18.5 Å². The van der Waals surface area contributed by atoms with Gasteiger partial charge in [-0.3, -0.25) is 4.79 Å². The second-order valence-corrected chi connectivity index (χ2v) is 5.39. The minimum absolute atomic E-state index is 0.133. The Bertz CT molecular complexity index is 467. The van der Waals surface area contributed by atoms with Crippen molar-refractivity contribution in [3.63, 3.8) is 0 Å². The maximum absolute atomic E-state index is 13.5. The topological polar surface area (TPSA) is 41.1 Å². The lowest BCUT2D eigenvalue weighted by molar-refractivity contribution is -0.116. The summed E-state index contributed by atoms with van der Waals surface area (Å²) in [5, 5.41) is 5.61. The highest BCUT2D eigenvalue weighted by Gasteiger charge is 2.16. The van der Waals surface area contributed by atoms with Gasteiger partial charge in [0.15, 0.2) is 5.82 Å². The molecule has 0 spiro atoms. The van der Waals surface area contributed by atoms with Crippen molar-refractivity contribution in [2.75, 3.05) is 11.9 Å². The van der Waals surface area contributed by atoms with Gasteiger partial charge >= 0.3 is 0 Å². The second kappa shape index (κ2) is 6.99. The van der Waals surface area contributed by atoms with E-state index < -0.39 is 11.6 Å². The number of nitrogens with one attached hydrogen (secondary N) is 2. The molecule has 1 unspecified atom stereocenters. The average molecular weight is 303 g/mol. The van der Waals surface area contributed by atoms with Gasteiger partial charge in [-0.25, -0.2) is 8.78 Å². The van der Waals surface area contributed by atoms with E-state index in [4.69, 9.17) is 11.6 Å². The van der Waals surface area contributed by atoms with Crippen molar-refractivity contribution >= 4 is 23.2 Å². The van der Waals surface area contributed by atoms with Gasteiger partial charge in [0, 0.05) is 18.5 Å². The molecule has 1 aromatic carbocycles. The summed E-state index contributed by atoms with van der Waals surface area (Å²) >= 11 is 5.72. The summed E-state index contributed by atoms with van der Waals surface area (Å²) in [6, 6.07) is 2.01. The molecule has 110 valence electrons. The third kappa shape index (κ3) is 4.15. The smallest absolute Gasteiger partial charge is 0.224 e. The minimum atomic E-state index is -0.862. The van der Waals surface area contributed by atoms with Gasteiger partial charge in [-0.15, -0.1) is 0 Å². The van der Waals surface area contributed by atoms with Crippen LogP contribution in [0.25, 0.3) is 0 Å². The summed E-state index contributed by atoms with van der Waals surface area (Å²) in [7, 11) is 0. The fourth-order valence-electron chi connectivity index (χ4n) is 2.34. The molecule has 3 nitrogen and oxygen atoms in total. The number of anilines is 1. The van der Waals surface area contributed by atoms with Crippen LogP contribution in [0.1, 0.15) is 32.1 Å². The molecule has 0 aromatic heterocycles. The van der Waals surface area contributed by atoms with Crippen LogP contribution < -0.4 is 10.6 Å². The zero-order valence-electron chi connectivity index (χ0n) is 11.0. The molecule has 1 aliphatic heterocycles. The number of amides is 1. The van der Waals surface area contributed by atoms with E-state index in [2.05, 4.69) is 10.6 Å². The Hall–Kier alpha value is -1.20. The van der Waals surface area contributed by atoms with Crippen molar-refractivity contribution < 1.29 is 13.6 Å². The van der Waals surface area contributed by atoms with Gasteiger partial charge in [-0.2, -0.15) is 0 Å². The van der Waals surface area contributed by atoms with Gasteiger partial charge < -0.3 is 10.6 Å². The molecular weight excluding hydrogens is 286 g/mol. The second-order valence-electron chi connectivity index (χ2n) is 4.98. The van der Waals surface area contributed by atoms with E-state index in [0.717, 1.165) is 25.5 Å². The van der Waals surface area contributed by atoms with Gasteiger partial charge in [0.05, 0.1) is 10.7 Å². The number of rotatable bonds is 4. The van der Waals surface area contributed by atoms with E-state index in [0.29, 0.717) is 18.5 Å². The molecule has 1 amide bonds. The maximum atomic E-state index is 13.5. The molecule has 1 atom stereocenters. The predicted molar refractivity (Wildman–Crippen MR) is 74.9 cm³/mol. The van der Waals surface area contributed by atoms with Gasteiger partial charge in [-0.1, -0.05) is 18.0 Å². The van der Waals surface area contributed by atoms with Crippen molar-refractivity contribution in [2.45, 2.75) is 38.1 Å². The van der Waals surface area contributed by atoms with E-state index in [1.807, 2.05) is 0 Å². The molecule has 0 aliphatic carbocycles. The highest BCUT2D eigenvalue weighted by atomic mass is 35.5. The van der Waals surface area contributed by atoms with Gasteiger partial charge in [0.25, 0.3) is 0 Å². The van der Waals surface area contributed by atoms with Crippen LogP contribution in [0.15, 0.2) is 12.1 Å². The normalized spacial score (nSPS) is 18.9. The maximum Gasteiger partial charge on any atom is 0.224 e. The predicted octanol–water partition coefficient (Wildman–Crippen LogP) is 3.48. The molecule has 20 heavy (non-hydrogen) atoms. The molecule has 0 saturated carbocycles. The molecule has 0 radical (unpaired) electrons. The molecular formula is C14H17ClF2N2O. The summed E-state index contributed by atoms with van der Waals surface area (Å²) < 4.78 is 26.4. The summed E-state index contributed by atoms with van der Waals surface area (Å²) in [4.78, 5) is 11.8. The van der Waals surface area contributed by atoms with E-state index in [9.17, 15) is 13.6 Å². The highest BCUT2D eigenvalue weighted by Crippen LogP contribution is 2.26. The third-order valence-corrected chi connectivity index (χ3v) is 3.70. The SMILES string of the molecule is O=C(CCC1CCCCN1)Nc1c(F)cc(F)cc1Cl. The van der Waals surface area contributed by atoms with Crippen molar-refractivity contribution in [3.8, 4) is 0 Å². The van der Waals surface area contributed by atoms with Crippen LogP contribution in [0.4, 0.5) is 14.5 Å². The van der Waals surface area contributed by atoms with Crippen molar-refractivity contribution in [1.29, 1.82) is 0 Å². The van der Waals surface area contributed by atoms with E-state index in [1.165, 1.54) is 6.42 Å². The van der Waals surface area contributed by atoms with Crippen LogP contribution in [-0.2, 0) is 4.79 Å². The van der Waals surface area contributed by atoms with E-state index in [1.54, 1.807) is 0 Å². The number of benzene rings is 1. The monoisotopic (exact) mass is 302 g/mol. The molecule has 1 saturated heterocycles. The summed E-state index contributed by atoms with van der Waals surface area (Å²) in [6.07, 6.45) is 4.37. The Morgan fingerprint density at radius 3 is 2.85 bits per heavy atom. The fraction of sp³-hybridized carbons (Fsp3) is 0.500. The molecule has 1 aliphatic rings. The first-order valence-electron chi connectivity index (χ1n) is 6.74. The largest absolute Gasteiger partial charge is 0.322 e. The Morgan fingerprint density at radius 1 is 1.40 bits per heavy atom. The van der Waals surface area contributed by atoms with Crippen LogP contribution in [0.5, 0.6) is 0 Å². The van der Waals surface area contributed by atoms with E-state index in [-0.39, 0.29) is 23.0 Å². The van der Waals surface area contributed by atoms with Crippen LogP contribution in [0.3, 0.4) is 0 Å². The van der Waals surface area contributed by atoms with Crippen molar-refractivity contribution in [1.82, 2.24) is 5.32 Å². The van der Waals surface area contributed by atoms with Gasteiger partial charge in [0.2, 0.25) is 5.91 Å². The van der Waals surface area contributed by atoms with Gasteiger partial charge in [-0.05, 0) is 31.9 Å². The standard InChI is InChI=1S/C14H17ClF2N2O/c15-11-7-9(16)8-12(17)14(11)19-13(20)5-4-10-3-1-2-6-18-10/h7-8,10,18H,1-6H2,(H,19,20). The van der Waals surface area contributed by atoms with E-state index >= 15 is 0 Å². The summed E-state index contributed by atoms with van der Waals surface area (Å²) in [5.41, 5.74) is -0.158. The molecule has 0 bridgehead atoms. The zero-order chi connectivity index (χ0) is 14.5. The Morgan fingerprint density at radius 2 is 2.20 bits per heavy atom. The lowest BCUT2D eigenvalue weighted by Gasteiger charge is -2.23. The quantitative estimate of drug-likeness (QED) is 0.894. The summed E-state index contributed by atoms with van der Waals surface area (Å²) in [5.74, 6) is -1.94. The molecule has 2 N–H and O–H groups in total. The molecule has 1 fully saturated rings. The Kier molecular flexibility index (Phi) is 5.31. The number of piperidine rings is 1. The molecule has 6 heteroatoms. The number of carbonyl (C=O) groups is 1. The first-order chi connectivity index (χ1) is 9.56. The first-order valence-corrected chi connectivity index (χ1v) is 7.12. The summed E-state index contributed by atoms with van der Waals surface area (Å²) in [6.45, 7) is 0.977. The number of halogens is 3. The lowest BCUT2D eigenvalue weighted by Crippen LogP contribution is -2.34. The molecule has 2 rings (SSSR count). The van der Waals surface area contributed by atoms with Crippen molar-refractivity contribution in [3.05, 3.63) is 28.8 Å².